The van der Waals surface area contributed by atoms with Crippen LogP contribution in [0.2, 0.25) is 0 Å². The average Bonchev–Trinajstić information content (AvgIpc) is 2.97. The average molecular weight is 661 g/mol. The van der Waals surface area contributed by atoms with Crippen LogP contribution in [0.5, 0.6) is 0 Å². The van der Waals surface area contributed by atoms with Crippen molar-refractivity contribution in [3.8, 4) is 0 Å². The zero-order chi connectivity index (χ0) is 33.7. The van der Waals surface area contributed by atoms with Gasteiger partial charge in [-0.15, -0.1) is 0 Å². The fourth-order valence-electron chi connectivity index (χ4n) is 5.21. The Morgan fingerprint density at radius 2 is 1.20 bits per heavy atom. The summed E-state index contributed by atoms with van der Waals surface area (Å²) >= 11 is 0. The lowest BCUT2D eigenvalue weighted by atomic mass is 10.0. The van der Waals surface area contributed by atoms with Crippen molar-refractivity contribution in [1.82, 2.24) is 5.32 Å². The van der Waals surface area contributed by atoms with E-state index < -0.39 is 20.0 Å². The van der Waals surface area contributed by atoms with Crippen molar-refractivity contribution in [1.29, 1.82) is 0 Å². The van der Waals surface area contributed by atoms with Crippen LogP contribution in [0, 0.1) is 0 Å². The Hall–Kier alpha value is -0.760. The van der Waals surface area contributed by atoms with Crippen LogP contribution in [-0.2, 0) is 18.4 Å². The highest BCUT2D eigenvalue weighted by Crippen LogP contribution is 2.38. The number of aliphatic hydroxyl groups excluding tert-OH is 1. The first-order chi connectivity index (χ1) is 21.5. The van der Waals surface area contributed by atoms with E-state index in [1.165, 1.54) is 103 Å². The minimum absolute atomic E-state index is 0.00104. The number of phosphoric acid groups is 1. The van der Waals surface area contributed by atoms with E-state index in [2.05, 4.69) is 19.2 Å². The van der Waals surface area contributed by atoms with Gasteiger partial charge < -0.3 is 28.8 Å². The molecule has 0 rings (SSSR count). The number of hydrogen-bond acceptors (Lipinski definition) is 6. The summed E-state index contributed by atoms with van der Waals surface area (Å²) in [7, 11) is 1.26. The van der Waals surface area contributed by atoms with Crippen LogP contribution in [0.25, 0.3) is 0 Å². The van der Waals surface area contributed by atoms with Gasteiger partial charge in [0.2, 0.25) is 5.91 Å². The Balaban J connectivity index is 4.36. The van der Waals surface area contributed by atoms with E-state index >= 15 is 0 Å². The van der Waals surface area contributed by atoms with Crippen molar-refractivity contribution in [2.24, 2.45) is 0 Å². The predicted octanol–water partition coefficient (Wildman–Crippen LogP) is 8.61. The number of nitrogens with zero attached hydrogens (tertiary/aromatic N) is 1. The molecule has 0 aliphatic heterocycles. The number of nitrogens with one attached hydrogen (secondary N) is 1. The number of allylic oxidation sites excluding steroid dienone is 1. The monoisotopic (exact) mass is 661 g/mol. The molecule has 8 nitrogen and oxygen atoms in total. The SMILES string of the molecule is CCCCCCC/C=C/C(O)C(COP(=O)([O-])OCC[N+](C)(C)C)NC(=O)CCCCCCCCCCCCCCCCCC. The van der Waals surface area contributed by atoms with E-state index in [-0.39, 0.29) is 19.1 Å². The lowest BCUT2D eigenvalue weighted by Gasteiger charge is -2.29. The number of carbonyl (C=O) groups excluding carboxylic acids is 1. The molecule has 0 aromatic carbocycles. The number of carbonyl (C=O) groups is 1. The van der Waals surface area contributed by atoms with Gasteiger partial charge in [0, 0.05) is 6.42 Å². The molecule has 3 unspecified atom stereocenters. The Morgan fingerprint density at radius 3 is 1.67 bits per heavy atom. The summed E-state index contributed by atoms with van der Waals surface area (Å²) in [6.07, 6.45) is 29.8. The first-order valence-electron chi connectivity index (χ1n) is 18.6. The Labute approximate surface area is 278 Å². The molecular formula is C36H73N2O6P. The first-order valence-corrected chi connectivity index (χ1v) is 20.0. The van der Waals surface area contributed by atoms with Crippen molar-refractivity contribution >= 4 is 13.7 Å². The second kappa shape index (κ2) is 29.4. The maximum absolute atomic E-state index is 12.7. The van der Waals surface area contributed by atoms with Crippen molar-refractivity contribution < 1.29 is 32.9 Å². The predicted molar refractivity (Wildman–Crippen MR) is 187 cm³/mol. The Kier molecular flexibility index (Phi) is 28.9. The molecule has 1 amide bonds. The van der Waals surface area contributed by atoms with Crippen LogP contribution in [0.3, 0.4) is 0 Å². The normalized spacial score (nSPS) is 14.9. The van der Waals surface area contributed by atoms with E-state index in [9.17, 15) is 19.4 Å². The van der Waals surface area contributed by atoms with E-state index in [0.29, 0.717) is 17.4 Å². The molecule has 0 aromatic rings. The van der Waals surface area contributed by atoms with Crippen molar-refractivity contribution in [3.63, 3.8) is 0 Å². The maximum Gasteiger partial charge on any atom is 0.268 e. The molecule has 0 saturated heterocycles. The second-order valence-corrected chi connectivity index (χ2v) is 15.3. The van der Waals surface area contributed by atoms with Gasteiger partial charge in [-0.3, -0.25) is 9.36 Å². The van der Waals surface area contributed by atoms with Crippen LogP contribution >= 0.6 is 7.82 Å². The number of aliphatic hydroxyl groups is 1. The molecule has 2 N–H and O–H groups in total. The molecule has 0 aliphatic carbocycles. The molecule has 0 saturated carbocycles. The molecular weight excluding hydrogens is 587 g/mol. The molecule has 0 aromatic heterocycles. The van der Waals surface area contributed by atoms with Crippen LogP contribution in [0.1, 0.15) is 162 Å². The summed E-state index contributed by atoms with van der Waals surface area (Å²) in [5.74, 6) is -0.201. The molecule has 0 aliphatic rings. The lowest BCUT2D eigenvalue weighted by molar-refractivity contribution is -0.870. The lowest BCUT2D eigenvalue weighted by Crippen LogP contribution is -2.45. The van der Waals surface area contributed by atoms with E-state index in [0.717, 1.165) is 38.5 Å². The topological polar surface area (TPSA) is 108 Å². The van der Waals surface area contributed by atoms with Gasteiger partial charge in [0.1, 0.15) is 13.2 Å². The van der Waals surface area contributed by atoms with E-state index in [1.54, 1.807) is 6.08 Å². The molecule has 3 atom stereocenters. The number of likely N-dealkylation sites (N-methyl/N-ethyl adjacent to an activating group) is 1. The van der Waals surface area contributed by atoms with Gasteiger partial charge in [-0.1, -0.05) is 148 Å². The molecule has 0 heterocycles. The van der Waals surface area contributed by atoms with Crippen molar-refractivity contribution in [2.75, 3.05) is 40.9 Å². The van der Waals surface area contributed by atoms with Crippen molar-refractivity contribution in [2.45, 2.75) is 174 Å². The number of hydrogen-bond donors (Lipinski definition) is 2. The van der Waals surface area contributed by atoms with Crippen molar-refractivity contribution in [3.05, 3.63) is 12.2 Å². The number of amides is 1. The van der Waals surface area contributed by atoms with E-state index in [1.807, 2.05) is 27.2 Å². The molecule has 268 valence electrons. The fourth-order valence-corrected chi connectivity index (χ4v) is 5.93. The van der Waals surface area contributed by atoms with Gasteiger partial charge in [-0.25, -0.2) is 0 Å². The van der Waals surface area contributed by atoms with Crippen LogP contribution in [-0.4, -0.2) is 68.5 Å². The highest BCUT2D eigenvalue weighted by Gasteiger charge is 2.23. The van der Waals surface area contributed by atoms with Crippen LogP contribution in [0.4, 0.5) is 0 Å². The molecule has 0 bridgehead atoms. The third-order valence-electron chi connectivity index (χ3n) is 8.25. The third-order valence-corrected chi connectivity index (χ3v) is 9.21. The number of rotatable bonds is 33. The summed E-state index contributed by atoms with van der Waals surface area (Å²) in [6.45, 7) is 4.57. The highest BCUT2D eigenvalue weighted by atomic mass is 31.2. The molecule has 0 radical (unpaired) electrons. The molecule has 9 heteroatoms. The summed E-state index contributed by atoms with van der Waals surface area (Å²) < 4.78 is 23.0. The largest absolute Gasteiger partial charge is 0.756 e. The number of quaternary nitrogens is 1. The third kappa shape index (κ3) is 31.6. The minimum Gasteiger partial charge on any atom is -0.756 e. The van der Waals surface area contributed by atoms with Gasteiger partial charge in [0.15, 0.2) is 0 Å². The second-order valence-electron chi connectivity index (χ2n) is 13.9. The fraction of sp³-hybridized carbons (Fsp3) is 0.917. The molecule has 0 spiro atoms. The standard InChI is InChI=1S/C36H73N2O6P/c1-6-8-10-12-14-15-16-17-18-19-20-21-22-24-26-28-30-36(40)37-34(35(39)29-27-25-23-13-11-9-7-2)33-44-45(41,42)43-32-31-38(3,4)5/h27,29,34-35,39H,6-26,28,30-33H2,1-5H3,(H-,37,40,41,42)/b29-27+. The summed E-state index contributed by atoms with van der Waals surface area (Å²) in [5.41, 5.74) is 0. The van der Waals surface area contributed by atoms with Gasteiger partial charge >= 0.3 is 0 Å². The Morgan fingerprint density at radius 1 is 0.756 bits per heavy atom. The minimum atomic E-state index is -4.56. The molecule has 0 fully saturated rings. The van der Waals surface area contributed by atoms with Gasteiger partial charge in [-0.05, 0) is 19.3 Å². The maximum atomic E-state index is 12.7. The first kappa shape index (κ1) is 44.2. The van der Waals surface area contributed by atoms with Gasteiger partial charge in [0.05, 0.1) is 39.9 Å². The van der Waals surface area contributed by atoms with Crippen LogP contribution in [0.15, 0.2) is 12.2 Å². The zero-order valence-corrected chi connectivity index (χ0v) is 31.0. The van der Waals surface area contributed by atoms with Crippen LogP contribution < -0.4 is 10.2 Å². The smallest absolute Gasteiger partial charge is 0.268 e. The van der Waals surface area contributed by atoms with E-state index in [4.69, 9.17) is 9.05 Å². The highest BCUT2D eigenvalue weighted by molar-refractivity contribution is 7.45. The quantitative estimate of drug-likeness (QED) is 0.0316. The molecule has 45 heavy (non-hydrogen) atoms. The van der Waals surface area contributed by atoms with Gasteiger partial charge in [-0.2, -0.15) is 0 Å². The number of unbranched alkanes of at least 4 members (excludes halogenated alkanes) is 20. The zero-order valence-electron chi connectivity index (χ0n) is 30.1. The summed E-state index contributed by atoms with van der Waals surface area (Å²) in [5, 5.41) is 13.6. The summed E-state index contributed by atoms with van der Waals surface area (Å²) in [6, 6.07) is -0.876. The summed E-state index contributed by atoms with van der Waals surface area (Å²) in [4.78, 5) is 25.0. The van der Waals surface area contributed by atoms with Gasteiger partial charge in [0.25, 0.3) is 7.82 Å². The Bertz CT molecular complexity index is 758. The number of phosphoric ester groups is 1.